The zero-order chi connectivity index (χ0) is 19.9. The van der Waals surface area contributed by atoms with Crippen LogP contribution in [0.5, 0.6) is 0 Å². The minimum Gasteiger partial charge on any atom is -0.390 e. The van der Waals surface area contributed by atoms with Crippen LogP contribution < -0.4 is 0 Å². The molecular formula is C21H24ClF2NO3. The number of pyridine rings is 1. The average Bonchev–Trinajstić information content (AvgIpc) is 3.26. The fourth-order valence-electron chi connectivity index (χ4n) is 4.54. The molecule has 2 aliphatic rings. The minimum absolute atomic E-state index is 0.00242. The molecule has 0 spiro atoms. The van der Waals surface area contributed by atoms with Gasteiger partial charge < -0.3 is 14.2 Å². The summed E-state index contributed by atoms with van der Waals surface area (Å²) in [6, 6.07) is 5.34. The van der Waals surface area contributed by atoms with Crippen LogP contribution in [0.15, 0.2) is 24.4 Å². The Bertz CT molecular complexity index is 891. The van der Waals surface area contributed by atoms with Crippen LogP contribution in [0.3, 0.4) is 0 Å². The van der Waals surface area contributed by atoms with E-state index in [-0.39, 0.29) is 37.6 Å². The van der Waals surface area contributed by atoms with Gasteiger partial charge in [0.2, 0.25) is 0 Å². The largest absolute Gasteiger partial charge is 0.390 e. The summed E-state index contributed by atoms with van der Waals surface area (Å²) < 4.78 is 35.1. The number of ether oxygens (including phenoxy) is 1. The Morgan fingerprint density at radius 1 is 1.36 bits per heavy atom. The number of hydrogen-bond acceptors (Lipinski definition) is 3. The number of halogens is 3. The first-order valence-corrected chi connectivity index (χ1v) is 10.2. The number of aliphatic hydroxyl groups is 1. The molecule has 4 nitrogen and oxygen atoms in total. The molecule has 2 fully saturated rings. The van der Waals surface area contributed by atoms with E-state index in [0.29, 0.717) is 29.1 Å². The number of Topliss-reactive ketones (excluding diaryl/α,β-unsaturated/α-hetero) is 1. The van der Waals surface area contributed by atoms with Crippen molar-refractivity contribution in [3.8, 4) is 0 Å². The Morgan fingerprint density at radius 3 is 2.89 bits per heavy atom. The predicted octanol–water partition coefficient (Wildman–Crippen LogP) is 5.35. The van der Waals surface area contributed by atoms with Crippen molar-refractivity contribution in [3.05, 3.63) is 40.7 Å². The molecule has 2 aromatic rings. The Kier molecular flexibility index (Phi) is 5.23. The average molecular weight is 412 g/mol. The van der Waals surface area contributed by atoms with Crippen LogP contribution in [-0.4, -0.2) is 33.4 Å². The summed E-state index contributed by atoms with van der Waals surface area (Å²) in [6.07, 6.45) is 3.42. The normalized spacial score (nSPS) is 27.4. The third-order valence-corrected chi connectivity index (χ3v) is 6.23. The number of carbonyl (C=O) groups is 1. The SMILES string of the molecule is O=C(CCC1(O)CCCC(F)(F)C1)c1cc(C2CCCO2)n2cccc(Cl)c12. The fraction of sp³-hybridized carbons (Fsp3) is 0.571. The van der Waals surface area contributed by atoms with Crippen molar-refractivity contribution < 1.29 is 23.4 Å². The summed E-state index contributed by atoms with van der Waals surface area (Å²) in [5.74, 6) is -3.06. The molecule has 3 heterocycles. The molecule has 0 aromatic carbocycles. The number of aromatic nitrogens is 1. The molecule has 2 atom stereocenters. The fourth-order valence-corrected chi connectivity index (χ4v) is 4.81. The molecule has 1 N–H and O–H groups in total. The van der Waals surface area contributed by atoms with Gasteiger partial charge in [-0.25, -0.2) is 8.78 Å². The van der Waals surface area contributed by atoms with Gasteiger partial charge in [-0.05, 0) is 50.3 Å². The van der Waals surface area contributed by atoms with Crippen molar-refractivity contribution in [1.29, 1.82) is 0 Å². The Hall–Kier alpha value is -1.50. The van der Waals surface area contributed by atoms with E-state index in [1.165, 1.54) is 0 Å². The molecule has 0 amide bonds. The van der Waals surface area contributed by atoms with Crippen LogP contribution in [0.1, 0.15) is 73.5 Å². The molecule has 2 aromatic heterocycles. The van der Waals surface area contributed by atoms with E-state index in [4.69, 9.17) is 16.3 Å². The Morgan fingerprint density at radius 2 is 2.18 bits per heavy atom. The van der Waals surface area contributed by atoms with Gasteiger partial charge in [0.15, 0.2) is 5.78 Å². The van der Waals surface area contributed by atoms with Crippen molar-refractivity contribution in [2.75, 3.05) is 6.61 Å². The van der Waals surface area contributed by atoms with Gasteiger partial charge >= 0.3 is 0 Å². The van der Waals surface area contributed by atoms with Crippen molar-refractivity contribution in [3.63, 3.8) is 0 Å². The first kappa shape index (κ1) is 19.8. The molecule has 2 unspecified atom stereocenters. The molecular weight excluding hydrogens is 388 g/mol. The molecule has 1 saturated carbocycles. The van der Waals surface area contributed by atoms with Gasteiger partial charge in [-0.2, -0.15) is 0 Å². The highest BCUT2D eigenvalue weighted by atomic mass is 35.5. The van der Waals surface area contributed by atoms with Gasteiger partial charge in [0, 0.05) is 37.6 Å². The zero-order valence-electron chi connectivity index (χ0n) is 15.6. The maximum atomic E-state index is 13.7. The van der Waals surface area contributed by atoms with Crippen LogP contribution in [-0.2, 0) is 4.74 Å². The van der Waals surface area contributed by atoms with E-state index in [1.54, 1.807) is 12.1 Å². The first-order valence-electron chi connectivity index (χ1n) is 9.83. The van der Waals surface area contributed by atoms with E-state index in [0.717, 1.165) is 18.5 Å². The van der Waals surface area contributed by atoms with Crippen molar-refractivity contribution >= 4 is 22.9 Å². The zero-order valence-corrected chi connectivity index (χ0v) is 16.4. The quantitative estimate of drug-likeness (QED) is 0.675. The molecule has 152 valence electrons. The van der Waals surface area contributed by atoms with Crippen molar-refractivity contribution in [1.82, 2.24) is 4.40 Å². The van der Waals surface area contributed by atoms with Crippen LogP contribution in [0.2, 0.25) is 5.02 Å². The van der Waals surface area contributed by atoms with E-state index in [9.17, 15) is 18.7 Å². The number of fused-ring (bicyclic) bond motifs is 1. The Balaban J connectivity index is 1.59. The van der Waals surface area contributed by atoms with Crippen LogP contribution >= 0.6 is 11.6 Å². The minimum atomic E-state index is -2.87. The second-order valence-electron chi connectivity index (χ2n) is 8.09. The second kappa shape index (κ2) is 7.39. The lowest BCUT2D eigenvalue weighted by Crippen LogP contribution is -2.41. The lowest BCUT2D eigenvalue weighted by Gasteiger charge is -2.36. The second-order valence-corrected chi connectivity index (χ2v) is 8.50. The van der Waals surface area contributed by atoms with Gasteiger partial charge in [-0.15, -0.1) is 0 Å². The van der Waals surface area contributed by atoms with Crippen molar-refractivity contribution in [2.45, 2.75) is 69.0 Å². The van der Waals surface area contributed by atoms with Gasteiger partial charge in [0.1, 0.15) is 0 Å². The third kappa shape index (κ3) is 3.82. The van der Waals surface area contributed by atoms with Crippen LogP contribution in [0, 0.1) is 0 Å². The summed E-state index contributed by atoms with van der Waals surface area (Å²) in [5, 5.41) is 11.0. The molecule has 0 radical (unpaired) electrons. The summed E-state index contributed by atoms with van der Waals surface area (Å²) in [5.41, 5.74) is 0.456. The van der Waals surface area contributed by atoms with E-state index in [2.05, 4.69) is 0 Å². The number of nitrogens with zero attached hydrogens (tertiary/aromatic N) is 1. The van der Waals surface area contributed by atoms with Crippen LogP contribution in [0.25, 0.3) is 5.52 Å². The van der Waals surface area contributed by atoms with E-state index >= 15 is 0 Å². The lowest BCUT2D eigenvalue weighted by molar-refractivity contribution is -0.126. The van der Waals surface area contributed by atoms with Gasteiger partial charge in [-0.1, -0.05) is 11.6 Å². The first-order chi connectivity index (χ1) is 13.3. The van der Waals surface area contributed by atoms with Gasteiger partial charge in [0.05, 0.1) is 27.9 Å². The Labute approximate surface area is 167 Å². The molecule has 0 bridgehead atoms. The third-order valence-electron chi connectivity index (χ3n) is 5.92. The highest BCUT2D eigenvalue weighted by Gasteiger charge is 2.44. The van der Waals surface area contributed by atoms with E-state index < -0.39 is 17.9 Å². The summed E-state index contributed by atoms with van der Waals surface area (Å²) in [6.45, 7) is 0.684. The standard InChI is InChI=1S/C21H24ClF2NO3/c22-15-4-1-10-25-16(18-5-2-11-28-18)12-14(19(15)25)17(26)6-9-20(27)7-3-8-21(23,24)13-20/h1,4,10,12,18,27H,2-3,5-9,11,13H2. The van der Waals surface area contributed by atoms with Crippen LogP contribution in [0.4, 0.5) is 8.78 Å². The number of rotatable bonds is 5. The molecule has 7 heteroatoms. The van der Waals surface area contributed by atoms with E-state index in [1.807, 2.05) is 16.7 Å². The number of alkyl halides is 2. The predicted molar refractivity (Wildman–Crippen MR) is 102 cm³/mol. The molecule has 28 heavy (non-hydrogen) atoms. The smallest absolute Gasteiger partial charge is 0.250 e. The molecule has 1 aliphatic carbocycles. The lowest BCUT2D eigenvalue weighted by atomic mass is 9.79. The summed E-state index contributed by atoms with van der Waals surface area (Å²) in [4.78, 5) is 13.0. The maximum Gasteiger partial charge on any atom is 0.250 e. The molecule has 4 rings (SSSR count). The summed E-state index contributed by atoms with van der Waals surface area (Å²) in [7, 11) is 0. The maximum absolute atomic E-state index is 13.7. The van der Waals surface area contributed by atoms with Gasteiger partial charge in [-0.3, -0.25) is 4.79 Å². The van der Waals surface area contributed by atoms with Gasteiger partial charge in [0.25, 0.3) is 5.92 Å². The topological polar surface area (TPSA) is 50.9 Å². The van der Waals surface area contributed by atoms with Crippen molar-refractivity contribution in [2.24, 2.45) is 0 Å². The number of ketones is 1. The number of carbonyl (C=O) groups excluding carboxylic acids is 1. The molecule has 1 aliphatic heterocycles. The highest BCUT2D eigenvalue weighted by Crippen LogP contribution is 2.42. The molecule has 1 saturated heterocycles. The number of hydrogen-bond donors (Lipinski definition) is 1. The summed E-state index contributed by atoms with van der Waals surface area (Å²) >= 11 is 6.38. The monoisotopic (exact) mass is 411 g/mol. The highest BCUT2D eigenvalue weighted by molar-refractivity contribution is 6.35.